The van der Waals surface area contributed by atoms with Gasteiger partial charge in [-0.25, -0.2) is 4.79 Å². The largest absolute Gasteiger partial charge is 0.462 e. The SMILES string of the molecule is CCOC(=O)c1ccsc1NC(=O)C1CCCN1. The molecule has 1 atom stereocenters. The molecule has 0 saturated carbocycles. The lowest BCUT2D eigenvalue weighted by molar-refractivity contribution is -0.117. The monoisotopic (exact) mass is 268 g/mol. The molecule has 0 aromatic carbocycles. The Labute approximate surface area is 110 Å². The van der Waals surface area contributed by atoms with Gasteiger partial charge in [-0.1, -0.05) is 0 Å². The molecule has 1 saturated heterocycles. The lowest BCUT2D eigenvalue weighted by Gasteiger charge is -2.10. The first kappa shape index (κ1) is 13.0. The van der Waals surface area contributed by atoms with Crippen LogP contribution in [0.15, 0.2) is 11.4 Å². The average molecular weight is 268 g/mol. The number of thiophene rings is 1. The third-order valence-corrected chi connectivity index (χ3v) is 3.60. The number of hydrogen-bond donors (Lipinski definition) is 2. The van der Waals surface area contributed by atoms with Crippen LogP contribution < -0.4 is 10.6 Å². The molecule has 1 aromatic heterocycles. The molecule has 1 aromatic rings. The summed E-state index contributed by atoms with van der Waals surface area (Å²) in [6, 6.07) is 1.52. The van der Waals surface area contributed by atoms with E-state index in [1.54, 1.807) is 18.4 Å². The predicted octanol–water partition coefficient (Wildman–Crippen LogP) is 1.62. The van der Waals surface area contributed by atoms with Crippen LogP contribution in [0, 0.1) is 0 Å². The fourth-order valence-corrected chi connectivity index (χ4v) is 2.66. The van der Waals surface area contributed by atoms with E-state index in [0.29, 0.717) is 17.2 Å². The van der Waals surface area contributed by atoms with Crippen LogP contribution in [0.2, 0.25) is 0 Å². The van der Waals surface area contributed by atoms with E-state index in [2.05, 4.69) is 10.6 Å². The van der Waals surface area contributed by atoms with E-state index in [0.717, 1.165) is 19.4 Å². The maximum absolute atomic E-state index is 11.9. The lowest BCUT2D eigenvalue weighted by atomic mass is 10.2. The second kappa shape index (κ2) is 5.97. The number of anilines is 1. The highest BCUT2D eigenvalue weighted by Crippen LogP contribution is 2.24. The molecule has 98 valence electrons. The molecular weight excluding hydrogens is 252 g/mol. The first-order valence-electron chi connectivity index (χ1n) is 6.01. The number of carbonyl (C=O) groups excluding carboxylic acids is 2. The quantitative estimate of drug-likeness (QED) is 0.814. The Morgan fingerprint density at radius 2 is 2.44 bits per heavy atom. The zero-order valence-corrected chi connectivity index (χ0v) is 11.0. The van der Waals surface area contributed by atoms with Crippen molar-refractivity contribution in [2.75, 3.05) is 18.5 Å². The molecule has 2 N–H and O–H groups in total. The lowest BCUT2D eigenvalue weighted by Crippen LogP contribution is -2.35. The Morgan fingerprint density at radius 3 is 3.11 bits per heavy atom. The fourth-order valence-electron chi connectivity index (χ4n) is 1.88. The van der Waals surface area contributed by atoms with Crippen LogP contribution in [0.25, 0.3) is 0 Å². The third-order valence-electron chi connectivity index (χ3n) is 2.77. The zero-order valence-electron chi connectivity index (χ0n) is 10.2. The normalized spacial score (nSPS) is 18.6. The molecule has 0 spiro atoms. The van der Waals surface area contributed by atoms with Crippen molar-refractivity contribution < 1.29 is 14.3 Å². The molecule has 5 nitrogen and oxygen atoms in total. The highest BCUT2D eigenvalue weighted by molar-refractivity contribution is 7.14. The van der Waals surface area contributed by atoms with Gasteiger partial charge in [0.2, 0.25) is 5.91 Å². The number of carbonyl (C=O) groups is 2. The van der Waals surface area contributed by atoms with Crippen molar-refractivity contribution in [3.05, 3.63) is 17.0 Å². The highest BCUT2D eigenvalue weighted by atomic mass is 32.1. The van der Waals surface area contributed by atoms with Crippen LogP contribution in [0.3, 0.4) is 0 Å². The number of amides is 1. The summed E-state index contributed by atoms with van der Waals surface area (Å²) >= 11 is 1.33. The summed E-state index contributed by atoms with van der Waals surface area (Å²) in [5, 5.41) is 8.24. The predicted molar refractivity (Wildman–Crippen MR) is 69.9 cm³/mol. The fraction of sp³-hybridized carbons (Fsp3) is 0.500. The first-order chi connectivity index (χ1) is 8.72. The van der Waals surface area contributed by atoms with Gasteiger partial charge in [0.25, 0.3) is 0 Å². The van der Waals surface area contributed by atoms with Crippen LogP contribution in [0.5, 0.6) is 0 Å². The summed E-state index contributed by atoms with van der Waals surface area (Å²) in [7, 11) is 0. The Bertz CT molecular complexity index is 438. The summed E-state index contributed by atoms with van der Waals surface area (Å²) in [5.74, 6) is -0.478. The Kier molecular flexibility index (Phi) is 4.33. The van der Waals surface area contributed by atoms with E-state index in [1.807, 2.05) is 0 Å². The second-order valence-corrected chi connectivity index (χ2v) is 4.94. The number of hydrogen-bond acceptors (Lipinski definition) is 5. The molecule has 1 aliphatic rings. The summed E-state index contributed by atoms with van der Waals surface area (Å²) in [6.45, 7) is 2.95. The maximum atomic E-state index is 11.9. The molecule has 18 heavy (non-hydrogen) atoms. The molecule has 2 heterocycles. The summed E-state index contributed by atoms with van der Waals surface area (Å²) in [6.07, 6.45) is 1.85. The van der Waals surface area contributed by atoms with E-state index < -0.39 is 5.97 Å². The molecule has 1 aliphatic heterocycles. The van der Waals surface area contributed by atoms with Crippen molar-refractivity contribution in [1.29, 1.82) is 0 Å². The zero-order chi connectivity index (χ0) is 13.0. The van der Waals surface area contributed by atoms with Crippen molar-refractivity contribution in [2.45, 2.75) is 25.8 Å². The van der Waals surface area contributed by atoms with Crippen LogP contribution in [-0.4, -0.2) is 31.1 Å². The number of rotatable bonds is 4. The molecule has 0 radical (unpaired) electrons. The van der Waals surface area contributed by atoms with Gasteiger partial charge in [0, 0.05) is 0 Å². The van der Waals surface area contributed by atoms with Crippen LogP contribution in [0.4, 0.5) is 5.00 Å². The summed E-state index contributed by atoms with van der Waals surface area (Å²) < 4.78 is 4.93. The van der Waals surface area contributed by atoms with Crippen molar-refractivity contribution in [2.24, 2.45) is 0 Å². The first-order valence-corrected chi connectivity index (χ1v) is 6.89. The van der Waals surface area contributed by atoms with Crippen molar-refractivity contribution in [3.63, 3.8) is 0 Å². The van der Waals surface area contributed by atoms with Gasteiger partial charge >= 0.3 is 5.97 Å². The van der Waals surface area contributed by atoms with E-state index >= 15 is 0 Å². The van der Waals surface area contributed by atoms with Crippen molar-refractivity contribution >= 4 is 28.2 Å². The minimum atomic E-state index is -0.395. The minimum Gasteiger partial charge on any atom is -0.462 e. The van der Waals surface area contributed by atoms with Gasteiger partial charge in [0.1, 0.15) is 5.00 Å². The summed E-state index contributed by atoms with van der Waals surface area (Å²) in [4.78, 5) is 23.6. The van der Waals surface area contributed by atoms with Crippen molar-refractivity contribution in [3.8, 4) is 0 Å². The molecule has 1 unspecified atom stereocenters. The smallest absolute Gasteiger partial charge is 0.341 e. The molecule has 1 amide bonds. The van der Waals surface area contributed by atoms with Gasteiger partial charge in [-0.3, -0.25) is 4.79 Å². The number of ether oxygens (including phenoxy) is 1. The van der Waals surface area contributed by atoms with Gasteiger partial charge in [0.15, 0.2) is 0 Å². The molecule has 2 rings (SSSR count). The minimum absolute atomic E-state index is 0.0829. The van der Waals surface area contributed by atoms with Crippen LogP contribution >= 0.6 is 11.3 Å². The topological polar surface area (TPSA) is 67.4 Å². The Morgan fingerprint density at radius 1 is 1.61 bits per heavy atom. The summed E-state index contributed by atoms with van der Waals surface area (Å²) in [5.41, 5.74) is 0.424. The average Bonchev–Trinajstić information content (AvgIpc) is 2.99. The Balaban J connectivity index is 2.02. The van der Waals surface area contributed by atoms with Gasteiger partial charge in [0.05, 0.1) is 18.2 Å². The standard InChI is InChI=1S/C12H16N2O3S/c1-2-17-12(16)8-5-7-18-11(8)14-10(15)9-4-3-6-13-9/h5,7,9,13H,2-4,6H2,1H3,(H,14,15). The van der Waals surface area contributed by atoms with Gasteiger partial charge in [-0.15, -0.1) is 11.3 Å². The molecule has 0 aliphatic carbocycles. The van der Waals surface area contributed by atoms with Gasteiger partial charge < -0.3 is 15.4 Å². The second-order valence-electron chi connectivity index (χ2n) is 4.02. The van der Waals surface area contributed by atoms with E-state index in [9.17, 15) is 9.59 Å². The van der Waals surface area contributed by atoms with Crippen LogP contribution in [-0.2, 0) is 9.53 Å². The molecule has 6 heteroatoms. The number of esters is 1. The van der Waals surface area contributed by atoms with Gasteiger partial charge in [-0.2, -0.15) is 0 Å². The molecule has 1 fully saturated rings. The van der Waals surface area contributed by atoms with E-state index in [-0.39, 0.29) is 11.9 Å². The Hall–Kier alpha value is -1.40. The molecule has 0 bridgehead atoms. The van der Waals surface area contributed by atoms with Crippen molar-refractivity contribution in [1.82, 2.24) is 5.32 Å². The van der Waals surface area contributed by atoms with Crippen LogP contribution in [0.1, 0.15) is 30.1 Å². The van der Waals surface area contributed by atoms with Gasteiger partial charge in [-0.05, 0) is 37.8 Å². The third kappa shape index (κ3) is 2.88. The maximum Gasteiger partial charge on any atom is 0.341 e. The highest BCUT2D eigenvalue weighted by Gasteiger charge is 2.24. The number of nitrogens with one attached hydrogen (secondary N) is 2. The molecular formula is C12H16N2O3S. The van der Waals surface area contributed by atoms with E-state index in [4.69, 9.17) is 4.74 Å². The van der Waals surface area contributed by atoms with E-state index in [1.165, 1.54) is 11.3 Å².